The van der Waals surface area contributed by atoms with Gasteiger partial charge < -0.3 is 15.2 Å². The van der Waals surface area contributed by atoms with Gasteiger partial charge in [0.2, 0.25) is 0 Å². The minimum absolute atomic E-state index is 0.328. The monoisotopic (exact) mass is 221 g/mol. The Balaban J connectivity index is 1.99. The molecule has 0 radical (unpaired) electrons. The van der Waals surface area contributed by atoms with Gasteiger partial charge in [0.15, 0.2) is 0 Å². The lowest BCUT2D eigenvalue weighted by molar-refractivity contribution is 0.0311. The highest BCUT2D eigenvalue weighted by molar-refractivity contribution is 5.26. The molecule has 0 amide bonds. The molecule has 16 heavy (non-hydrogen) atoms. The maximum Gasteiger partial charge on any atom is 0.115 e. The molecule has 0 spiro atoms. The molecule has 0 bridgehead atoms. The molecule has 1 aromatic carbocycles. The van der Waals surface area contributed by atoms with E-state index in [4.69, 9.17) is 4.74 Å². The molecule has 0 saturated carbocycles. The standard InChI is InChI=1S/C13H19NO2/c1-16-13-6-7-14-9-11(13)8-10-2-4-12(15)5-3-10/h2-5,11,13-15H,6-9H2,1H3. The van der Waals surface area contributed by atoms with Crippen LogP contribution in [0.5, 0.6) is 5.75 Å². The third kappa shape index (κ3) is 2.74. The second-order valence-electron chi connectivity index (χ2n) is 4.40. The van der Waals surface area contributed by atoms with Crippen LogP contribution < -0.4 is 5.32 Å². The quantitative estimate of drug-likeness (QED) is 0.814. The Hall–Kier alpha value is -1.06. The van der Waals surface area contributed by atoms with E-state index in [9.17, 15) is 5.11 Å². The molecule has 3 nitrogen and oxygen atoms in total. The number of hydrogen-bond donors (Lipinski definition) is 2. The fraction of sp³-hybridized carbons (Fsp3) is 0.538. The first kappa shape index (κ1) is 11.4. The van der Waals surface area contributed by atoms with E-state index in [0.717, 1.165) is 25.9 Å². The van der Waals surface area contributed by atoms with Gasteiger partial charge in [-0.3, -0.25) is 0 Å². The lowest BCUT2D eigenvalue weighted by atomic mass is 9.89. The summed E-state index contributed by atoms with van der Waals surface area (Å²) in [5, 5.41) is 12.6. The molecule has 1 aliphatic heterocycles. The van der Waals surface area contributed by atoms with Crippen molar-refractivity contribution >= 4 is 0 Å². The largest absolute Gasteiger partial charge is 0.508 e. The van der Waals surface area contributed by atoms with Gasteiger partial charge in [-0.05, 0) is 37.1 Å². The highest BCUT2D eigenvalue weighted by Crippen LogP contribution is 2.20. The smallest absolute Gasteiger partial charge is 0.115 e. The van der Waals surface area contributed by atoms with Crippen LogP contribution in [0.4, 0.5) is 0 Å². The first-order valence-corrected chi connectivity index (χ1v) is 5.81. The maximum absolute atomic E-state index is 9.22. The van der Waals surface area contributed by atoms with Gasteiger partial charge in [0, 0.05) is 19.6 Å². The minimum atomic E-state index is 0.328. The average molecular weight is 221 g/mol. The van der Waals surface area contributed by atoms with E-state index in [1.807, 2.05) is 12.1 Å². The first-order valence-electron chi connectivity index (χ1n) is 5.81. The van der Waals surface area contributed by atoms with Crippen molar-refractivity contribution in [2.24, 2.45) is 5.92 Å². The van der Waals surface area contributed by atoms with Gasteiger partial charge in [-0.1, -0.05) is 12.1 Å². The lowest BCUT2D eigenvalue weighted by Crippen LogP contribution is -2.41. The van der Waals surface area contributed by atoms with Crippen molar-refractivity contribution in [3.05, 3.63) is 29.8 Å². The Morgan fingerprint density at radius 1 is 1.38 bits per heavy atom. The molecule has 1 fully saturated rings. The summed E-state index contributed by atoms with van der Waals surface area (Å²) in [6.07, 6.45) is 2.44. The van der Waals surface area contributed by atoms with Crippen LogP contribution in [0.1, 0.15) is 12.0 Å². The van der Waals surface area contributed by atoms with Gasteiger partial charge >= 0.3 is 0 Å². The van der Waals surface area contributed by atoms with E-state index in [-0.39, 0.29) is 0 Å². The van der Waals surface area contributed by atoms with Crippen LogP contribution in [-0.4, -0.2) is 31.4 Å². The zero-order valence-corrected chi connectivity index (χ0v) is 9.65. The minimum Gasteiger partial charge on any atom is -0.508 e. The van der Waals surface area contributed by atoms with Gasteiger partial charge in [0.1, 0.15) is 5.75 Å². The zero-order chi connectivity index (χ0) is 11.4. The van der Waals surface area contributed by atoms with Crippen molar-refractivity contribution in [1.82, 2.24) is 5.32 Å². The summed E-state index contributed by atoms with van der Waals surface area (Å²) in [6, 6.07) is 7.45. The van der Waals surface area contributed by atoms with E-state index in [1.54, 1.807) is 19.2 Å². The van der Waals surface area contributed by atoms with Crippen molar-refractivity contribution < 1.29 is 9.84 Å². The summed E-state index contributed by atoms with van der Waals surface area (Å²) in [5.74, 6) is 0.858. The van der Waals surface area contributed by atoms with Gasteiger partial charge in [-0.2, -0.15) is 0 Å². The average Bonchev–Trinajstić information content (AvgIpc) is 2.33. The number of phenols is 1. The molecule has 0 aliphatic carbocycles. The molecule has 2 rings (SSSR count). The van der Waals surface area contributed by atoms with Crippen molar-refractivity contribution in [2.75, 3.05) is 20.2 Å². The third-order valence-electron chi connectivity index (χ3n) is 3.27. The number of aromatic hydroxyl groups is 1. The number of methoxy groups -OCH3 is 1. The Kier molecular flexibility index (Phi) is 3.80. The van der Waals surface area contributed by atoms with Gasteiger partial charge in [-0.15, -0.1) is 0 Å². The van der Waals surface area contributed by atoms with Crippen LogP contribution >= 0.6 is 0 Å². The normalized spacial score (nSPS) is 25.6. The van der Waals surface area contributed by atoms with Crippen molar-refractivity contribution in [3.8, 4) is 5.75 Å². The predicted octanol–water partition coefficient (Wildman–Crippen LogP) is 1.56. The predicted molar refractivity (Wildman–Crippen MR) is 63.6 cm³/mol. The van der Waals surface area contributed by atoms with E-state index in [1.165, 1.54) is 5.56 Å². The van der Waals surface area contributed by atoms with Gasteiger partial charge in [0.25, 0.3) is 0 Å². The molecule has 2 atom stereocenters. The second kappa shape index (κ2) is 5.32. The highest BCUT2D eigenvalue weighted by atomic mass is 16.5. The topological polar surface area (TPSA) is 41.5 Å². The van der Waals surface area contributed by atoms with E-state index in [2.05, 4.69) is 5.32 Å². The molecular formula is C13H19NO2. The summed E-state index contributed by atoms with van der Waals surface area (Å²) in [6.45, 7) is 2.06. The van der Waals surface area contributed by atoms with Crippen LogP contribution in [-0.2, 0) is 11.2 Å². The SMILES string of the molecule is COC1CCNCC1Cc1ccc(O)cc1. The van der Waals surface area contributed by atoms with E-state index < -0.39 is 0 Å². The second-order valence-corrected chi connectivity index (χ2v) is 4.40. The number of nitrogens with one attached hydrogen (secondary N) is 1. The number of phenolic OH excluding ortho intramolecular Hbond substituents is 1. The molecule has 1 heterocycles. The van der Waals surface area contributed by atoms with E-state index >= 15 is 0 Å². The van der Waals surface area contributed by atoms with Crippen molar-refractivity contribution in [3.63, 3.8) is 0 Å². The molecule has 1 aromatic rings. The molecule has 1 saturated heterocycles. The number of hydrogen-bond acceptors (Lipinski definition) is 3. The van der Waals surface area contributed by atoms with Crippen LogP contribution in [0.25, 0.3) is 0 Å². The fourth-order valence-electron chi connectivity index (χ4n) is 2.35. The third-order valence-corrected chi connectivity index (χ3v) is 3.27. The van der Waals surface area contributed by atoms with E-state index in [0.29, 0.717) is 17.8 Å². The summed E-state index contributed by atoms with van der Waals surface area (Å²) in [4.78, 5) is 0. The molecule has 0 aromatic heterocycles. The molecule has 2 unspecified atom stereocenters. The summed E-state index contributed by atoms with van der Waals surface area (Å²) < 4.78 is 5.51. The van der Waals surface area contributed by atoms with Crippen LogP contribution in [0, 0.1) is 5.92 Å². The molecule has 2 N–H and O–H groups in total. The Bertz CT molecular complexity index is 323. The summed E-state index contributed by atoms with van der Waals surface area (Å²) >= 11 is 0. The van der Waals surface area contributed by atoms with Crippen LogP contribution in [0.15, 0.2) is 24.3 Å². The Morgan fingerprint density at radius 3 is 2.81 bits per heavy atom. The highest BCUT2D eigenvalue weighted by Gasteiger charge is 2.24. The fourth-order valence-corrected chi connectivity index (χ4v) is 2.35. The van der Waals surface area contributed by atoms with Gasteiger partial charge in [0.05, 0.1) is 6.10 Å². The number of ether oxygens (including phenoxy) is 1. The van der Waals surface area contributed by atoms with Crippen LogP contribution in [0.2, 0.25) is 0 Å². The zero-order valence-electron chi connectivity index (χ0n) is 9.65. The number of rotatable bonds is 3. The molecule has 1 aliphatic rings. The molecule has 3 heteroatoms. The number of piperidine rings is 1. The Labute approximate surface area is 96.4 Å². The van der Waals surface area contributed by atoms with Crippen molar-refractivity contribution in [2.45, 2.75) is 18.9 Å². The Morgan fingerprint density at radius 2 is 2.12 bits per heavy atom. The first-order chi connectivity index (χ1) is 7.79. The van der Waals surface area contributed by atoms with Gasteiger partial charge in [-0.25, -0.2) is 0 Å². The molecular weight excluding hydrogens is 202 g/mol. The lowest BCUT2D eigenvalue weighted by Gasteiger charge is -2.31. The maximum atomic E-state index is 9.22. The van der Waals surface area contributed by atoms with Crippen LogP contribution in [0.3, 0.4) is 0 Å². The van der Waals surface area contributed by atoms with Crippen molar-refractivity contribution in [1.29, 1.82) is 0 Å². The number of benzene rings is 1. The summed E-state index contributed by atoms with van der Waals surface area (Å²) in [5.41, 5.74) is 1.26. The molecule has 88 valence electrons. The summed E-state index contributed by atoms with van der Waals surface area (Å²) in [7, 11) is 1.79.